The molecule has 1 N–H and O–H groups in total. The number of hydrogen-bond acceptors (Lipinski definition) is 4. The van der Waals surface area contributed by atoms with E-state index in [0.29, 0.717) is 17.8 Å². The maximum absolute atomic E-state index is 12.3. The Labute approximate surface area is 128 Å². The molecule has 0 aliphatic heterocycles. The van der Waals surface area contributed by atoms with E-state index in [2.05, 4.69) is 11.8 Å². The lowest BCUT2D eigenvalue weighted by atomic mass is 10.2. The zero-order chi connectivity index (χ0) is 15.2. The van der Waals surface area contributed by atoms with Crippen molar-refractivity contribution < 1.29 is 14.3 Å². The molecule has 0 unspecified atom stereocenters. The third-order valence-corrected chi connectivity index (χ3v) is 3.97. The van der Waals surface area contributed by atoms with Gasteiger partial charge in [0.25, 0.3) is 5.91 Å². The standard InChI is InChI=1S/C16H17NO3S/c1-12-13(8-10-20-12)11-17(2)16(19)15-7-6-14(21-15)5-3-4-9-18/h6-8,10,18H,4,9,11H2,1-2H3. The maximum Gasteiger partial charge on any atom is 0.264 e. The molecule has 0 saturated heterocycles. The predicted molar refractivity (Wildman–Crippen MR) is 82.1 cm³/mol. The fourth-order valence-electron chi connectivity index (χ4n) is 1.82. The second kappa shape index (κ2) is 7.11. The van der Waals surface area contributed by atoms with Crippen molar-refractivity contribution in [3.8, 4) is 11.8 Å². The molecule has 0 bridgehead atoms. The zero-order valence-electron chi connectivity index (χ0n) is 12.0. The molecule has 1 amide bonds. The molecule has 2 heterocycles. The van der Waals surface area contributed by atoms with Gasteiger partial charge in [-0.05, 0) is 25.1 Å². The van der Waals surface area contributed by atoms with Crippen LogP contribution in [0.15, 0.2) is 28.9 Å². The molecule has 21 heavy (non-hydrogen) atoms. The molecule has 0 aliphatic rings. The SMILES string of the molecule is Cc1occc1CN(C)C(=O)c1ccc(C#CCCO)s1. The fourth-order valence-corrected chi connectivity index (χ4v) is 2.69. The first-order chi connectivity index (χ1) is 10.1. The highest BCUT2D eigenvalue weighted by Crippen LogP contribution is 2.19. The monoisotopic (exact) mass is 303 g/mol. The normalized spacial score (nSPS) is 10.0. The molecular formula is C16H17NO3S. The average molecular weight is 303 g/mol. The van der Waals surface area contributed by atoms with E-state index < -0.39 is 0 Å². The van der Waals surface area contributed by atoms with Gasteiger partial charge >= 0.3 is 0 Å². The van der Waals surface area contributed by atoms with Crippen LogP contribution in [0.2, 0.25) is 0 Å². The summed E-state index contributed by atoms with van der Waals surface area (Å²) in [5, 5.41) is 8.69. The van der Waals surface area contributed by atoms with Gasteiger partial charge in [-0.1, -0.05) is 11.8 Å². The van der Waals surface area contributed by atoms with E-state index >= 15 is 0 Å². The molecule has 2 aromatic rings. The van der Waals surface area contributed by atoms with Crippen LogP contribution in [0.3, 0.4) is 0 Å². The third-order valence-electron chi connectivity index (χ3n) is 2.99. The van der Waals surface area contributed by atoms with E-state index in [0.717, 1.165) is 16.2 Å². The summed E-state index contributed by atoms with van der Waals surface area (Å²) < 4.78 is 5.24. The van der Waals surface area contributed by atoms with Crippen LogP contribution in [0, 0.1) is 18.8 Å². The number of amides is 1. The van der Waals surface area contributed by atoms with Crippen LogP contribution in [-0.4, -0.2) is 29.6 Å². The summed E-state index contributed by atoms with van der Waals surface area (Å²) in [4.78, 5) is 15.5. The molecule has 0 saturated carbocycles. The van der Waals surface area contributed by atoms with Crippen LogP contribution < -0.4 is 0 Å². The van der Waals surface area contributed by atoms with Crippen molar-refractivity contribution in [1.82, 2.24) is 4.90 Å². The highest BCUT2D eigenvalue weighted by molar-refractivity contribution is 7.14. The molecule has 0 aliphatic carbocycles. The Morgan fingerprint density at radius 1 is 1.43 bits per heavy atom. The molecule has 0 spiro atoms. The first kappa shape index (κ1) is 15.4. The number of rotatable bonds is 4. The van der Waals surface area contributed by atoms with Crippen molar-refractivity contribution in [2.24, 2.45) is 0 Å². The summed E-state index contributed by atoms with van der Waals surface area (Å²) in [6.07, 6.45) is 2.07. The zero-order valence-corrected chi connectivity index (χ0v) is 12.9. The Hall–Kier alpha value is -2.03. The van der Waals surface area contributed by atoms with Crippen LogP contribution >= 0.6 is 11.3 Å². The van der Waals surface area contributed by atoms with E-state index in [9.17, 15) is 4.79 Å². The summed E-state index contributed by atoms with van der Waals surface area (Å²) in [5.74, 6) is 6.59. The van der Waals surface area contributed by atoms with Crippen LogP contribution in [0.4, 0.5) is 0 Å². The lowest BCUT2D eigenvalue weighted by molar-refractivity contribution is 0.0789. The van der Waals surface area contributed by atoms with Crippen molar-refractivity contribution in [3.05, 3.63) is 45.5 Å². The van der Waals surface area contributed by atoms with Crippen molar-refractivity contribution in [2.45, 2.75) is 19.9 Å². The largest absolute Gasteiger partial charge is 0.469 e. The van der Waals surface area contributed by atoms with E-state index in [1.807, 2.05) is 19.1 Å². The number of aliphatic hydroxyl groups is 1. The summed E-state index contributed by atoms with van der Waals surface area (Å²) in [6, 6.07) is 5.49. The number of furan rings is 1. The summed E-state index contributed by atoms with van der Waals surface area (Å²) in [5.41, 5.74) is 1.00. The van der Waals surface area contributed by atoms with Crippen LogP contribution in [-0.2, 0) is 6.54 Å². The van der Waals surface area contributed by atoms with Gasteiger partial charge in [0, 0.05) is 25.6 Å². The van der Waals surface area contributed by atoms with E-state index in [4.69, 9.17) is 9.52 Å². The van der Waals surface area contributed by atoms with Crippen LogP contribution in [0.1, 0.15) is 32.3 Å². The maximum atomic E-state index is 12.3. The second-order valence-electron chi connectivity index (χ2n) is 4.60. The number of aliphatic hydroxyl groups excluding tert-OH is 1. The first-order valence-corrected chi connectivity index (χ1v) is 7.41. The summed E-state index contributed by atoms with van der Waals surface area (Å²) in [6.45, 7) is 2.45. The number of hydrogen-bond donors (Lipinski definition) is 1. The summed E-state index contributed by atoms with van der Waals surface area (Å²) >= 11 is 1.37. The molecule has 5 heteroatoms. The average Bonchev–Trinajstić information content (AvgIpc) is 3.08. The van der Waals surface area contributed by atoms with Gasteiger partial charge in [0.05, 0.1) is 22.6 Å². The first-order valence-electron chi connectivity index (χ1n) is 6.60. The van der Waals surface area contributed by atoms with E-state index in [-0.39, 0.29) is 12.5 Å². The molecule has 4 nitrogen and oxygen atoms in total. The number of carbonyl (C=O) groups is 1. The molecule has 2 aromatic heterocycles. The lowest BCUT2D eigenvalue weighted by Crippen LogP contribution is -2.25. The minimum atomic E-state index is -0.0317. The van der Waals surface area contributed by atoms with Gasteiger partial charge < -0.3 is 14.4 Å². The van der Waals surface area contributed by atoms with Gasteiger partial charge in [0.2, 0.25) is 0 Å². The number of carbonyl (C=O) groups excluding carboxylic acids is 1. The Morgan fingerprint density at radius 2 is 2.24 bits per heavy atom. The van der Waals surface area contributed by atoms with Crippen molar-refractivity contribution in [3.63, 3.8) is 0 Å². The Balaban J connectivity index is 2.03. The minimum absolute atomic E-state index is 0.0317. The fraction of sp³-hybridized carbons (Fsp3) is 0.312. The van der Waals surface area contributed by atoms with E-state index in [1.54, 1.807) is 24.3 Å². The number of nitrogens with zero attached hydrogens (tertiary/aromatic N) is 1. The lowest BCUT2D eigenvalue weighted by Gasteiger charge is -2.15. The highest BCUT2D eigenvalue weighted by Gasteiger charge is 2.15. The molecule has 0 radical (unpaired) electrons. The van der Waals surface area contributed by atoms with E-state index in [1.165, 1.54) is 11.3 Å². The quantitative estimate of drug-likeness (QED) is 0.884. The number of aryl methyl sites for hydroxylation is 1. The van der Waals surface area contributed by atoms with Crippen molar-refractivity contribution in [1.29, 1.82) is 0 Å². The molecule has 110 valence electrons. The van der Waals surface area contributed by atoms with Crippen molar-refractivity contribution in [2.75, 3.05) is 13.7 Å². The van der Waals surface area contributed by atoms with Crippen molar-refractivity contribution >= 4 is 17.2 Å². The molecular weight excluding hydrogens is 286 g/mol. The predicted octanol–water partition coefficient (Wildman–Crippen LogP) is 2.66. The minimum Gasteiger partial charge on any atom is -0.469 e. The molecule has 0 aromatic carbocycles. The molecule has 0 atom stereocenters. The topological polar surface area (TPSA) is 53.7 Å². The Bertz CT molecular complexity index is 675. The molecule has 0 fully saturated rings. The van der Waals surface area contributed by atoms with Gasteiger partial charge in [-0.2, -0.15) is 0 Å². The van der Waals surface area contributed by atoms with Gasteiger partial charge in [-0.25, -0.2) is 0 Å². The van der Waals surface area contributed by atoms with Gasteiger partial charge in [-0.3, -0.25) is 4.79 Å². The smallest absolute Gasteiger partial charge is 0.264 e. The second-order valence-corrected chi connectivity index (χ2v) is 5.69. The van der Waals surface area contributed by atoms with Crippen LogP contribution in [0.5, 0.6) is 0 Å². The van der Waals surface area contributed by atoms with Gasteiger partial charge in [-0.15, -0.1) is 11.3 Å². The third kappa shape index (κ3) is 3.97. The van der Waals surface area contributed by atoms with Crippen LogP contribution in [0.25, 0.3) is 0 Å². The van der Waals surface area contributed by atoms with Gasteiger partial charge in [0.1, 0.15) is 5.76 Å². The Kier molecular flexibility index (Phi) is 5.20. The molecule has 2 rings (SSSR count). The summed E-state index contributed by atoms with van der Waals surface area (Å²) in [7, 11) is 1.77. The Morgan fingerprint density at radius 3 is 2.90 bits per heavy atom. The highest BCUT2D eigenvalue weighted by atomic mass is 32.1. The number of thiophene rings is 1. The van der Waals surface area contributed by atoms with Gasteiger partial charge in [0.15, 0.2) is 0 Å².